The minimum atomic E-state index is -1.11. The zero-order chi connectivity index (χ0) is 14.8. The standard InChI is InChI=1S/C15H21NO3/c1-10-8-11(15(2,3)4)6-7-12(10)16(5)13(17)9-14(18)19/h6-8H,9H2,1-5H3,(H,18,19). The van der Waals surface area contributed by atoms with Gasteiger partial charge in [-0.25, -0.2) is 0 Å². The number of carboxylic acids is 1. The van der Waals surface area contributed by atoms with Crippen molar-refractivity contribution in [3.8, 4) is 0 Å². The summed E-state index contributed by atoms with van der Waals surface area (Å²) in [5.41, 5.74) is 2.95. The van der Waals surface area contributed by atoms with E-state index >= 15 is 0 Å². The van der Waals surface area contributed by atoms with Gasteiger partial charge in [0, 0.05) is 12.7 Å². The van der Waals surface area contributed by atoms with Gasteiger partial charge in [0.25, 0.3) is 0 Å². The van der Waals surface area contributed by atoms with Crippen molar-refractivity contribution < 1.29 is 14.7 Å². The van der Waals surface area contributed by atoms with Crippen LogP contribution in [0.25, 0.3) is 0 Å². The van der Waals surface area contributed by atoms with E-state index in [1.165, 1.54) is 10.5 Å². The lowest BCUT2D eigenvalue weighted by Crippen LogP contribution is -2.29. The van der Waals surface area contributed by atoms with Gasteiger partial charge in [-0.3, -0.25) is 9.59 Å². The normalized spacial score (nSPS) is 11.2. The molecule has 4 heteroatoms. The van der Waals surface area contributed by atoms with E-state index in [2.05, 4.69) is 20.8 Å². The highest BCUT2D eigenvalue weighted by atomic mass is 16.4. The highest BCUT2D eigenvalue weighted by molar-refractivity contribution is 6.03. The Morgan fingerprint density at radius 2 is 1.84 bits per heavy atom. The van der Waals surface area contributed by atoms with Crippen molar-refractivity contribution in [1.82, 2.24) is 0 Å². The first-order valence-electron chi connectivity index (χ1n) is 6.22. The van der Waals surface area contributed by atoms with Gasteiger partial charge < -0.3 is 10.0 Å². The van der Waals surface area contributed by atoms with Crippen LogP contribution in [0.5, 0.6) is 0 Å². The fourth-order valence-corrected chi connectivity index (χ4v) is 1.88. The molecule has 0 bridgehead atoms. The Kier molecular flexibility index (Phi) is 4.35. The molecular weight excluding hydrogens is 242 g/mol. The number of hydrogen-bond donors (Lipinski definition) is 1. The molecule has 0 saturated heterocycles. The fourth-order valence-electron chi connectivity index (χ4n) is 1.88. The van der Waals surface area contributed by atoms with Crippen LogP contribution in [-0.4, -0.2) is 24.0 Å². The lowest BCUT2D eigenvalue weighted by atomic mass is 9.86. The molecule has 0 spiro atoms. The molecule has 0 radical (unpaired) electrons. The first kappa shape index (κ1) is 15.2. The summed E-state index contributed by atoms with van der Waals surface area (Å²) in [6.45, 7) is 8.30. The molecule has 0 unspecified atom stereocenters. The Balaban J connectivity index is 3.03. The van der Waals surface area contributed by atoms with Crippen LogP contribution in [0.1, 0.15) is 38.3 Å². The summed E-state index contributed by atoms with van der Waals surface area (Å²) in [7, 11) is 1.60. The molecule has 0 aliphatic carbocycles. The Morgan fingerprint density at radius 3 is 2.26 bits per heavy atom. The minimum absolute atomic E-state index is 0.0485. The van der Waals surface area contributed by atoms with Crippen LogP contribution in [-0.2, 0) is 15.0 Å². The third kappa shape index (κ3) is 3.81. The van der Waals surface area contributed by atoms with Gasteiger partial charge in [-0.2, -0.15) is 0 Å². The van der Waals surface area contributed by atoms with Gasteiger partial charge in [0.15, 0.2) is 0 Å². The number of anilines is 1. The van der Waals surface area contributed by atoms with Gasteiger partial charge in [-0.15, -0.1) is 0 Å². The fraction of sp³-hybridized carbons (Fsp3) is 0.467. The summed E-state index contributed by atoms with van der Waals surface area (Å²) in [5.74, 6) is -1.53. The van der Waals surface area contributed by atoms with E-state index in [1.807, 2.05) is 25.1 Å². The van der Waals surface area contributed by atoms with E-state index in [0.717, 1.165) is 11.3 Å². The quantitative estimate of drug-likeness (QED) is 0.853. The molecule has 0 heterocycles. The number of rotatable bonds is 3. The molecule has 1 amide bonds. The predicted molar refractivity (Wildman–Crippen MR) is 75.5 cm³/mol. The van der Waals surface area contributed by atoms with Gasteiger partial charge >= 0.3 is 5.97 Å². The van der Waals surface area contributed by atoms with Crippen LogP contribution in [0.3, 0.4) is 0 Å². The van der Waals surface area contributed by atoms with E-state index in [4.69, 9.17) is 5.11 Å². The van der Waals surface area contributed by atoms with Crippen LogP contribution >= 0.6 is 0 Å². The summed E-state index contributed by atoms with van der Waals surface area (Å²) in [6, 6.07) is 5.89. The molecule has 0 aromatic heterocycles. The topological polar surface area (TPSA) is 57.6 Å². The molecule has 1 aromatic carbocycles. The molecule has 1 N–H and O–H groups in total. The lowest BCUT2D eigenvalue weighted by Gasteiger charge is -2.23. The maximum absolute atomic E-state index is 11.7. The Bertz CT molecular complexity index is 501. The smallest absolute Gasteiger partial charge is 0.312 e. The first-order chi connectivity index (χ1) is 8.62. The van der Waals surface area contributed by atoms with Crippen molar-refractivity contribution in [3.05, 3.63) is 29.3 Å². The summed E-state index contributed by atoms with van der Waals surface area (Å²) in [5, 5.41) is 8.65. The molecule has 0 atom stereocenters. The highest BCUT2D eigenvalue weighted by Crippen LogP contribution is 2.28. The number of hydrogen-bond acceptors (Lipinski definition) is 2. The molecule has 104 valence electrons. The maximum atomic E-state index is 11.7. The number of nitrogens with zero attached hydrogens (tertiary/aromatic N) is 1. The van der Waals surface area contributed by atoms with Crippen LogP contribution in [0, 0.1) is 6.92 Å². The van der Waals surface area contributed by atoms with E-state index in [9.17, 15) is 9.59 Å². The Hall–Kier alpha value is -1.84. The van der Waals surface area contributed by atoms with Crippen LogP contribution in [0.2, 0.25) is 0 Å². The average Bonchev–Trinajstić information content (AvgIpc) is 2.25. The summed E-state index contributed by atoms with van der Waals surface area (Å²) >= 11 is 0. The number of benzene rings is 1. The molecule has 1 rings (SSSR count). The molecular formula is C15H21NO3. The third-order valence-electron chi connectivity index (χ3n) is 3.10. The number of carboxylic acid groups (broad SMARTS) is 1. The molecule has 19 heavy (non-hydrogen) atoms. The molecule has 0 saturated carbocycles. The number of carbonyl (C=O) groups is 2. The molecule has 0 fully saturated rings. The second kappa shape index (κ2) is 5.43. The second-order valence-electron chi connectivity index (χ2n) is 5.77. The highest BCUT2D eigenvalue weighted by Gasteiger charge is 2.19. The Labute approximate surface area is 114 Å². The van der Waals surface area contributed by atoms with Crippen molar-refractivity contribution >= 4 is 17.6 Å². The number of carbonyl (C=O) groups excluding carboxylic acids is 1. The van der Waals surface area contributed by atoms with Crippen LogP contribution < -0.4 is 4.90 Å². The summed E-state index contributed by atoms with van der Waals surface area (Å²) in [4.78, 5) is 23.7. The van der Waals surface area contributed by atoms with E-state index < -0.39 is 18.3 Å². The monoisotopic (exact) mass is 263 g/mol. The predicted octanol–water partition coefficient (Wildman–Crippen LogP) is 2.73. The largest absolute Gasteiger partial charge is 0.481 e. The Morgan fingerprint density at radius 1 is 1.26 bits per heavy atom. The van der Waals surface area contributed by atoms with Crippen molar-refractivity contribution in [2.75, 3.05) is 11.9 Å². The van der Waals surface area contributed by atoms with Crippen molar-refractivity contribution in [2.45, 2.75) is 39.5 Å². The van der Waals surface area contributed by atoms with E-state index in [0.29, 0.717) is 0 Å². The average molecular weight is 263 g/mol. The van der Waals surface area contributed by atoms with Crippen molar-refractivity contribution in [1.29, 1.82) is 0 Å². The van der Waals surface area contributed by atoms with Gasteiger partial charge in [-0.05, 0) is 29.5 Å². The maximum Gasteiger partial charge on any atom is 0.312 e. The molecule has 0 aliphatic heterocycles. The van der Waals surface area contributed by atoms with Crippen LogP contribution in [0.15, 0.2) is 18.2 Å². The molecule has 4 nitrogen and oxygen atoms in total. The zero-order valence-electron chi connectivity index (χ0n) is 12.2. The first-order valence-corrected chi connectivity index (χ1v) is 6.22. The van der Waals surface area contributed by atoms with Gasteiger partial charge in [0.05, 0.1) is 0 Å². The number of amides is 1. The third-order valence-corrected chi connectivity index (χ3v) is 3.10. The van der Waals surface area contributed by atoms with Gasteiger partial charge in [0.2, 0.25) is 5.91 Å². The SMILES string of the molecule is Cc1cc(C(C)(C)C)ccc1N(C)C(=O)CC(=O)O. The summed E-state index contributed by atoms with van der Waals surface area (Å²) < 4.78 is 0. The van der Waals surface area contributed by atoms with E-state index in [-0.39, 0.29) is 5.41 Å². The second-order valence-corrected chi connectivity index (χ2v) is 5.77. The van der Waals surface area contributed by atoms with Crippen molar-refractivity contribution in [2.24, 2.45) is 0 Å². The molecule has 1 aromatic rings. The number of aryl methyl sites for hydroxylation is 1. The number of aliphatic carboxylic acids is 1. The van der Waals surface area contributed by atoms with Gasteiger partial charge in [0.1, 0.15) is 6.42 Å². The zero-order valence-corrected chi connectivity index (χ0v) is 12.2. The van der Waals surface area contributed by atoms with Crippen LogP contribution in [0.4, 0.5) is 5.69 Å². The molecule has 0 aliphatic rings. The van der Waals surface area contributed by atoms with E-state index in [1.54, 1.807) is 7.05 Å². The minimum Gasteiger partial charge on any atom is -0.481 e. The summed E-state index contributed by atoms with van der Waals surface area (Å²) in [6.07, 6.45) is -0.489. The van der Waals surface area contributed by atoms with Crippen molar-refractivity contribution in [3.63, 3.8) is 0 Å². The lowest BCUT2D eigenvalue weighted by molar-refractivity contribution is -0.140. The van der Waals surface area contributed by atoms with Gasteiger partial charge in [-0.1, -0.05) is 32.9 Å².